The van der Waals surface area contributed by atoms with Crippen molar-refractivity contribution in [1.29, 1.82) is 0 Å². The first kappa shape index (κ1) is 37.8. The number of hydrogen-bond acceptors (Lipinski definition) is 14. The van der Waals surface area contributed by atoms with E-state index in [-0.39, 0.29) is 72.4 Å². The summed E-state index contributed by atoms with van der Waals surface area (Å²) in [6.07, 6.45) is 4.29. The zero-order valence-electron chi connectivity index (χ0n) is 26.4. The fourth-order valence-electron chi connectivity index (χ4n) is 4.41. The molecule has 0 aliphatic rings. The number of ether oxygens (including phenoxy) is 1. The third kappa shape index (κ3) is 8.40. The largest absolute Gasteiger partial charge is 1.00 e. The van der Waals surface area contributed by atoms with Crippen molar-refractivity contribution in [3.05, 3.63) is 107 Å². The van der Waals surface area contributed by atoms with E-state index >= 15 is 0 Å². The Morgan fingerprint density at radius 1 is 0.804 bits per heavy atom. The van der Waals surface area contributed by atoms with Gasteiger partial charge in [0.15, 0.2) is 34.4 Å². The Hall–Kier alpha value is -6.06. The molecule has 0 radical (unpaired) electrons. The number of carbonyl (C=O) groups excluding carboxylic acids is 4. The number of imidazole rings is 1. The van der Waals surface area contributed by atoms with Gasteiger partial charge in [0.25, 0.3) is 11.8 Å². The predicted octanol–water partition coefficient (Wildman–Crippen LogP) is -6.37. The molecule has 0 bridgehead atoms. The van der Waals surface area contributed by atoms with Crippen molar-refractivity contribution in [3.8, 4) is 11.6 Å². The van der Waals surface area contributed by atoms with Crippen LogP contribution in [-0.2, 0) is 6.42 Å². The van der Waals surface area contributed by atoms with Crippen LogP contribution in [-0.4, -0.2) is 75.4 Å². The van der Waals surface area contributed by atoms with Gasteiger partial charge in [-0.05, 0) is 58.5 Å². The summed E-state index contributed by atoms with van der Waals surface area (Å²) in [5, 5.41) is 50.3. The fourth-order valence-corrected chi connectivity index (χ4v) is 4.41. The molecule has 0 aliphatic heterocycles. The van der Waals surface area contributed by atoms with Crippen molar-refractivity contribution >= 4 is 40.8 Å². The van der Waals surface area contributed by atoms with Gasteiger partial charge in [0, 0.05) is 36.0 Å². The molecule has 6 rings (SSSR count). The van der Waals surface area contributed by atoms with Crippen LogP contribution in [0.2, 0.25) is 0 Å². The molecule has 246 valence electrons. The van der Waals surface area contributed by atoms with Gasteiger partial charge in [0.2, 0.25) is 0 Å². The second-order valence-electron chi connectivity index (χ2n) is 9.89. The van der Waals surface area contributed by atoms with Gasteiger partial charge in [0.1, 0.15) is 12.1 Å². The minimum Gasteiger partial charge on any atom is -0.545 e. The van der Waals surface area contributed by atoms with E-state index < -0.39 is 64.6 Å². The quantitative estimate of drug-likeness (QED) is 0.121. The van der Waals surface area contributed by atoms with E-state index in [1.807, 2.05) is 0 Å². The molecule has 0 spiro atoms. The first-order valence-electron chi connectivity index (χ1n) is 13.8. The molecule has 4 heterocycles. The second kappa shape index (κ2) is 16.1. The van der Waals surface area contributed by atoms with E-state index in [1.54, 1.807) is 6.20 Å². The molecule has 22 heteroatoms. The topological polar surface area (TPSA) is 247 Å². The number of carbonyl (C=O) groups is 4. The number of tetrazole rings is 1. The Kier molecular flexibility index (Phi) is 11.9. The Labute approximate surface area is 307 Å². The number of nitrogens with zero attached hydrogens (tertiary/aromatic N) is 9. The number of anilines is 2. The predicted molar refractivity (Wildman–Crippen MR) is 154 cm³/mol. The van der Waals surface area contributed by atoms with Crippen LogP contribution in [0, 0.1) is 11.6 Å². The molecule has 0 aliphatic carbocycles. The smallest absolute Gasteiger partial charge is 0.545 e. The molecule has 0 saturated carbocycles. The molecule has 6 aromatic rings. The molecule has 2 aromatic carbocycles. The zero-order valence-corrected chi connectivity index (χ0v) is 26.4. The van der Waals surface area contributed by atoms with Crippen molar-refractivity contribution < 1.29 is 80.6 Å². The summed E-state index contributed by atoms with van der Waals surface area (Å²) in [5.74, 6) is -7.67. The summed E-state index contributed by atoms with van der Waals surface area (Å²) in [6.45, 7) is -0.428. The second-order valence-corrected chi connectivity index (χ2v) is 9.89. The minimum atomic E-state index is -1.81. The number of halogens is 2. The van der Waals surface area contributed by atoms with E-state index in [2.05, 4.69) is 46.4 Å². The van der Waals surface area contributed by atoms with Crippen LogP contribution in [0.3, 0.4) is 0 Å². The average molecular weight is 683 g/mol. The number of aromatic carboxylic acids is 2. The van der Waals surface area contributed by atoms with Gasteiger partial charge in [-0.1, -0.05) is 0 Å². The summed E-state index contributed by atoms with van der Waals surface area (Å²) < 4.78 is 37.7. The van der Waals surface area contributed by atoms with Crippen molar-refractivity contribution in [2.75, 3.05) is 17.2 Å². The Morgan fingerprint density at radius 2 is 1.47 bits per heavy atom. The average Bonchev–Trinajstić information content (AvgIpc) is 3.79. The van der Waals surface area contributed by atoms with Gasteiger partial charge in [0.05, 0.1) is 29.9 Å². The monoisotopic (exact) mass is 683 g/mol. The number of nitrogens with one attached hydrogen (secondary N) is 2. The van der Waals surface area contributed by atoms with Crippen molar-refractivity contribution in [2.45, 2.75) is 6.42 Å². The number of rotatable bonds is 11. The molecular weight excluding hydrogens is 666 g/mol. The number of benzene rings is 2. The first-order chi connectivity index (χ1) is 23.6. The van der Waals surface area contributed by atoms with Gasteiger partial charge in [-0.2, -0.15) is 0 Å². The molecule has 0 fully saturated rings. The van der Waals surface area contributed by atoms with Crippen LogP contribution in [0.25, 0.3) is 11.5 Å². The summed E-state index contributed by atoms with van der Waals surface area (Å²) in [5.41, 5.74) is -2.44. The molecular formula is C29H17F2Li2N11O7. The maximum absolute atomic E-state index is 14.9. The van der Waals surface area contributed by atoms with Crippen LogP contribution in [0.5, 0.6) is 5.75 Å². The minimum absolute atomic E-state index is 0. The van der Waals surface area contributed by atoms with Crippen LogP contribution in [0.1, 0.15) is 47.3 Å². The molecule has 2 amide bonds. The maximum atomic E-state index is 14.9. The molecule has 0 saturated heterocycles. The van der Waals surface area contributed by atoms with E-state index in [9.17, 15) is 38.2 Å². The normalized spacial score (nSPS) is 10.5. The van der Waals surface area contributed by atoms with E-state index in [1.165, 1.54) is 41.4 Å². The SMILES string of the molecule is O=C(Nc1cc(CCOc2cc(NC(=O)c3ccc4nnnn4n3)c(C(=O)[O-])cc2F)c(F)cc1C(=O)[O-])c1ccc(-n2ccnc2)nn1.[Li+].[Li+]. The van der Waals surface area contributed by atoms with Gasteiger partial charge >= 0.3 is 37.7 Å². The third-order valence-electron chi connectivity index (χ3n) is 6.78. The molecule has 0 unspecified atom stereocenters. The van der Waals surface area contributed by atoms with Crippen molar-refractivity contribution in [2.24, 2.45) is 0 Å². The number of aromatic nitrogens is 9. The van der Waals surface area contributed by atoms with Crippen LogP contribution in [0.15, 0.2) is 67.3 Å². The van der Waals surface area contributed by atoms with Gasteiger partial charge in [-0.3, -0.25) is 14.2 Å². The molecule has 2 N–H and O–H groups in total. The summed E-state index contributed by atoms with van der Waals surface area (Å²) >= 11 is 0. The van der Waals surface area contributed by atoms with E-state index in [4.69, 9.17) is 4.74 Å². The standard InChI is InChI=1S/C29H19F2N11O7.2Li/c30-17-10-15(28(45)46)21(33-26(43)19-1-3-24(36-35-19)41-7-6-32-13-41)9-14(17)5-8-49-23-12-22(16(29(47)48)11-18(23)31)34-27(44)20-2-4-25-37-39-40-42(25)38-20;;/h1-4,6-7,9-13H,5,8H2,(H,33,43)(H,34,44)(H,45,46)(H,47,48);;/q;2*+1/p-2. The number of carboxylic acid groups (broad SMARTS) is 2. The number of amides is 2. The molecule has 0 atom stereocenters. The van der Waals surface area contributed by atoms with Crippen LogP contribution in [0.4, 0.5) is 20.2 Å². The van der Waals surface area contributed by atoms with E-state index in [0.717, 1.165) is 16.8 Å². The third-order valence-corrected chi connectivity index (χ3v) is 6.78. The number of hydrogen-bond donors (Lipinski definition) is 2. The molecule has 4 aromatic heterocycles. The Balaban J connectivity index is 0.00000292. The van der Waals surface area contributed by atoms with Crippen LogP contribution >= 0.6 is 0 Å². The zero-order chi connectivity index (χ0) is 34.7. The summed E-state index contributed by atoms with van der Waals surface area (Å²) in [7, 11) is 0. The fraction of sp³-hybridized carbons (Fsp3) is 0.0690. The Morgan fingerprint density at radius 3 is 2.12 bits per heavy atom. The number of carboxylic acids is 2. The first-order valence-corrected chi connectivity index (χ1v) is 13.8. The van der Waals surface area contributed by atoms with Crippen molar-refractivity contribution in [1.82, 2.24) is 45.0 Å². The Bertz CT molecular complexity index is 2260. The molecule has 18 nitrogen and oxygen atoms in total. The van der Waals surface area contributed by atoms with Gasteiger partial charge in [-0.15, -0.1) is 25.0 Å². The summed E-state index contributed by atoms with van der Waals surface area (Å²) in [4.78, 5) is 52.9. The van der Waals surface area contributed by atoms with Gasteiger partial charge in [-0.25, -0.2) is 13.8 Å². The van der Waals surface area contributed by atoms with Crippen molar-refractivity contribution in [3.63, 3.8) is 0 Å². The van der Waals surface area contributed by atoms with E-state index in [0.29, 0.717) is 18.0 Å². The summed E-state index contributed by atoms with van der Waals surface area (Å²) in [6, 6.07) is 8.56. The van der Waals surface area contributed by atoms with Crippen LogP contribution < -0.4 is 63.3 Å². The van der Waals surface area contributed by atoms with Gasteiger partial charge < -0.3 is 35.2 Å². The number of fused-ring (bicyclic) bond motifs is 1. The molecule has 51 heavy (non-hydrogen) atoms. The maximum Gasteiger partial charge on any atom is 1.00 e.